The predicted molar refractivity (Wildman–Crippen MR) is 82.4 cm³/mol. The predicted octanol–water partition coefficient (Wildman–Crippen LogP) is 0.570. The van der Waals surface area contributed by atoms with Crippen LogP contribution < -0.4 is 0 Å². The number of hydrogen-bond acceptors (Lipinski definition) is 7. The van der Waals surface area contributed by atoms with E-state index in [0.29, 0.717) is 26.3 Å². The van der Waals surface area contributed by atoms with Gasteiger partial charge in [0.05, 0.1) is 13.2 Å². The van der Waals surface area contributed by atoms with Gasteiger partial charge in [-0.25, -0.2) is 0 Å². The Kier molecular flexibility index (Phi) is 19.2. The summed E-state index contributed by atoms with van der Waals surface area (Å²) in [5, 5.41) is 8.23. The summed E-state index contributed by atoms with van der Waals surface area (Å²) < 4.78 is 17.9. The molecule has 0 aliphatic rings. The molecule has 127 valence electrons. The Morgan fingerprint density at radius 1 is 0.909 bits per heavy atom. The van der Waals surface area contributed by atoms with Gasteiger partial charge in [0.1, 0.15) is 0 Å². The Bertz CT molecular complexity index is 285. The molecule has 0 fully saturated rings. The standard InChI is InChI=1S/C12H22N2O4S2.O.Tc/c1-3-17-11(15)9(7-19)13-5-6-14-10(8-20)12(16)18-4-2;;/h9-10,19-20H,3-8H2,1-2H3;;/q-2;;+4/p-2/t9-,10-;;/m1../s1/i;;1+1. The van der Waals surface area contributed by atoms with Crippen molar-refractivity contribution in [2.45, 2.75) is 25.9 Å². The second-order valence-corrected chi connectivity index (χ2v) is 4.35. The fraction of sp³-hybridized carbons (Fsp3) is 0.833. The van der Waals surface area contributed by atoms with E-state index >= 15 is 0 Å². The van der Waals surface area contributed by atoms with Crippen LogP contribution in [-0.2, 0) is 66.7 Å². The SMILES string of the molecule is CCOC(=O)[C@@H](C[S-])[N-]CC[N-][C@H](C[S-])C(=O)OCC.[O]=[99Tc+4]. The summed E-state index contributed by atoms with van der Waals surface area (Å²) in [7, 11) is 0. The molecule has 0 rings (SSSR count). The number of hydrogen-bond donors (Lipinski definition) is 0. The molecule has 0 unspecified atom stereocenters. The summed E-state index contributed by atoms with van der Waals surface area (Å²) in [6, 6.07) is -1.30. The third kappa shape index (κ3) is 11.6. The quantitative estimate of drug-likeness (QED) is 0.266. The van der Waals surface area contributed by atoms with Gasteiger partial charge < -0.3 is 45.4 Å². The van der Waals surface area contributed by atoms with Gasteiger partial charge in [0.2, 0.25) is 0 Å². The molecule has 2 atom stereocenters. The van der Waals surface area contributed by atoms with Gasteiger partial charge in [0.15, 0.2) is 0 Å². The van der Waals surface area contributed by atoms with Gasteiger partial charge in [-0.2, -0.15) is 24.6 Å². The normalized spacial score (nSPS) is 12.6. The van der Waals surface area contributed by atoms with Crippen LogP contribution in [0.25, 0.3) is 10.6 Å². The molecule has 10 heteroatoms. The van der Waals surface area contributed by atoms with E-state index < -0.39 is 24.0 Å². The summed E-state index contributed by atoms with van der Waals surface area (Å²) in [6.45, 7) is 4.63. The zero-order valence-corrected chi connectivity index (χ0v) is 16.0. The van der Waals surface area contributed by atoms with Gasteiger partial charge in [0, 0.05) is 0 Å². The Labute approximate surface area is 152 Å². The summed E-state index contributed by atoms with van der Waals surface area (Å²) in [4.78, 5) is 22.9. The minimum atomic E-state index is -0.648. The Morgan fingerprint density at radius 2 is 1.23 bits per heavy atom. The molecular weight excluding hydrogens is 415 g/mol. The molecule has 0 aromatic carbocycles. The Hall–Kier alpha value is 0.00935. The van der Waals surface area contributed by atoms with E-state index in [-0.39, 0.29) is 11.5 Å². The fourth-order valence-corrected chi connectivity index (χ4v) is 1.78. The van der Waals surface area contributed by atoms with Crippen molar-refractivity contribution in [2.24, 2.45) is 0 Å². The van der Waals surface area contributed by atoms with Crippen LogP contribution in [0.2, 0.25) is 0 Å². The summed E-state index contributed by atoms with van der Waals surface area (Å²) in [5.74, 6) is -0.511. The van der Waals surface area contributed by atoms with Gasteiger partial charge >= 0.3 is 22.4 Å². The molecule has 0 heterocycles. The number of rotatable bonds is 11. The molecule has 0 aliphatic heterocycles. The molecule has 7 nitrogen and oxygen atoms in total. The molecule has 0 aromatic heterocycles. The Morgan fingerprint density at radius 3 is 1.45 bits per heavy atom. The van der Waals surface area contributed by atoms with E-state index in [1.54, 1.807) is 13.8 Å². The molecule has 0 spiro atoms. The maximum atomic E-state index is 11.4. The van der Waals surface area contributed by atoms with Crippen LogP contribution in [0, 0.1) is 0 Å². The van der Waals surface area contributed by atoms with Crippen molar-refractivity contribution in [3.63, 3.8) is 0 Å². The number of ether oxygens (including phenoxy) is 2. The zero-order valence-electron chi connectivity index (χ0n) is 12.5. The molecule has 0 aromatic rings. The molecule has 0 saturated carbocycles. The van der Waals surface area contributed by atoms with Crippen molar-refractivity contribution in [2.75, 3.05) is 37.8 Å². The number of carbonyl (C=O) groups is 2. The Balaban J connectivity index is 0. The van der Waals surface area contributed by atoms with Crippen molar-refractivity contribution >= 4 is 37.2 Å². The average Bonchev–Trinajstić information content (AvgIpc) is 2.53. The summed E-state index contributed by atoms with van der Waals surface area (Å²) >= 11 is 10.6. The number of carbonyl (C=O) groups excluding carboxylic acids is 2. The van der Waals surface area contributed by atoms with Crippen molar-refractivity contribution in [3.05, 3.63) is 10.6 Å². The molecule has 0 bridgehead atoms. The molecule has 0 aliphatic carbocycles. The maximum absolute atomic E-state index is 11.4. The molecular formula is C12H20N2O5S2Tc. The van der Waals surface area contributed by atoms with Crippen LogP contribution in [-0.4, -0.2) is 61.8 Å². The topological polar surface area (TPSA) is 97.9 Å². The van der Waals surface area contributed by atoms with Crippen LogP contribution >= 0.6 is 0 Å². The summed E-state index contributed by atoms with van der Waals surface area (Å²) in [5.41, 5.74) is 0. The first-order chi connectivity index (χ1) is 10.6. The third-order valence-corrected chi connectivity index (χ3v) is 2.86. The average molecular weight is 435 g/mol. The minimum absolute atomic E-state index is 0.168. The fourth-order valence-electron chi connectivity index (χ4n) is 1.29. The van der Waals surface area contributed by atoms with Crippen LogP contribution in [0.5, 0.6) is 0 Å². The van der Waals surface area contributed by atoms with E-state index in [2.05, 4.69) is 10.6 Å². The first-order valence-electron chi connectivity index (χ1n) is 6.58. The van der Waals surface area contributed by atoms with Crippen LogP contribution in [0.15, 0.2) is 0 Å². The van der Waals surface area contributed by atoms with Gasteiger partial charge in [0.25, 0.3) is 11.9 Å². The molecule has 0 amide bonds. The van der Waals surface area contributed by atoms with Gasteiger partial charge in [-0.1, -0.05) is 12.1 Å². The summed E-state index contributed by atoms with van der Waals surface area (Å²) in [6.07, 6.45) is 0. The van der Waals surface area contributed by atoms with E-state index in [1.807, 2.05) is 0 Å². The first kappa shape index (κ1) is 24.3. The number of esters is 2. The van der Waals surface area contributed by atoms with Crippen molar-refractivity contribution in [1.82, 2.24) is 0 Å². The monoisotopic (exact) mass is 435 g/mol. The van der Waals surface area contributed by atoms with Crippen molar-refractivity contribution in [1.29, 1.82) is 0 Å². The van der Waals surface area contributed by atoms with Gasteiger partial charge in [-0.05, 0) is 13.8 Å². The van der Waals surface area contributed by atoms with Crippen molar-refractivity contribution < 1.29 is 41.4 Å². The second-order valence-electron chi connectivity index (χ2n) is 3.68. The van der Waals surface area contributed by atoms with Crippen LogP contribution in [0.3, 0.4) is 0 Å². The molecule has 0 N–H and O–H groups in total. The van der Waals surface area contributed by atoms with E-state index in [9.17, 15) is 9.59 Å². The zero-order chi connectivity index (χ0) is 17.4. The first-order valence-corrected chi connectivity index (χ1v) is 8.50. The van der Waals surface area contributed by atoms with Crippen LogP contribution in [0.1, 0.15) is 13.8 Å². The van der Waals surface area contributed by atoms with Gasteiger partial charge in [-0.15, -0.1) is 0 Å². The van der Waals surface area contributed by atoms with Crippen molar-refractivity contribution in [3.8, 4) is 0 Å². The van der Waals surface area contributed by atoms with E-state index in [0.717, 1.165) is 18.9 Å². The molecule has 0 saturated heterocycles. The third-order valence-electron chi connectivity index (χ3n) is 2.23. The van der Waals surface area contributed by atoms with Crippen LogP contribution in [0.4, 0.5) is 0 Å². The second kappa shape index (κ2) is 17.4. The van der Waals surface area contributed by atoms with E-state index in [4.69, 9.17) is 38.2 Å². The molecule has 0 radical (unpaired) electrons. The van der Waals surface area contributed by atoms with E-state index in [1.165, 1.54) is 0 Å². The molecule has 22 heavy (non-hydrogen) atoms. The van der Waals surface area contributed by atoms with Gasteiger partial charge in [-0.3, -0.25) is 9.59 Å². The number of nitrogens with zero attached hydrogens (tertiary/aromatic N) is 2.